The highest BCUT2D eigenvalue weighted by molar-refractivity contribution is 5.78. The molecule has 0 saturated carbocycles. The number of nitrogens with zero attached hydrogens (tertiary/aromatic N) is 7. The fourth-order valence-electron chi connectivity index (χ4n) is 4.25. The van der Waals surface area contributed by atoms with Gasteiger partial charge in [0.2, 0.25) is 11.9 Å². The van der Waals surface area contributed by atoms with Crippen molar-refractivity contribution in [3.8, 4) is 5.82 Å². The lowest BCUT2D eigenvalue weighted by molar-refractivity contribution is -0.121. The van der Waals surface area contributed by atoms with Gasteiger partial charge in [0.15, 0.2) is 11.6 Å². The highest BCUT2D eigenvalue weighted by atomic mass is 16.1. The van der Waals surface area contributed by atoms with E-state index in [9.17, 15) is 4.79 Å². The normalized spacial score (nSPS) is 14.1. The van der Waals surface area contributed by atoms with Gasteiger partial charge in [-0.3, -0.25) is 9.89 Å². The maximum absolute atomic E-state index is 12.6. The predicted molar refractivity (Wildman–Crippen MR) is 137 cm³/mol. The van der Waals surface area contributed by atoms with Gasteiger partial charge in [-0.25, -0.2) is 14.6 Å². The molecular weight excluding hydrogens is 456 g/mol. The van der Waals surface area contributed by atoms with Gasteiger partial charge in [-0.15, -0.1) is 0 Å². The third-order valence-corrected chi connectivity index (χ3v) is 6.07. The number of carbonyl (C=O) groups excluding carboxylic acids is 1. The molecule has 186 valence electrons. The minimum Gasteiger partial charge on any atom is -0.353 e. The Hall–Kier alpha value is -4.28. The second-order valence-corrected chi connectivity index (χ2v) is 9.25. The zero-order valence-corrected chi connectivity index (χ0v) is 20.7. The summed E-state index contributed by atoms with van der Waals surface area (Å²) in [4.78, 5) is 28.5. The first-order chi connectivity index (χ1) is 17.4. The molecular formula is C25H30N10O. The second-order valence-electron chi connectivity index (χ2n) is 9.25. The number of hydrogen-bond donors (Lipinski definition) is 3. The zero-order chi connectivity index (χ0) is 25.1. The van der Waals surface area contributed by atoms with Crippen molar-refractivity contribution in [2.75, 3.05) is 23.3 Å². The first-order valence-corrected chi connectivity index (χ1v) is 12.1. The number of piperidine rings is 1. The monoisotopic (exact) mass is 486 g/mol. The number of amides is 1. The summed E-state index contributed by atoms with van der Waals surface area (Å²) in [6.45, 7) is 7.44. The molecule has 4 aromatic heterocycles. The van der Waals surface area contributed by atoms with E-state index < -0.39 is 0 Å². The molecule has 0 bridgehead atoms. The first-order valence-electron chi connectivity index (χ1n) is 12.1. The Balaban J connectivity index is 1.13. The molecule has 5 rings (SSSR count). The molecule has 1 saturated heterocycles. The van der Waals surface area contributed by atoms with Gasteiger partial charge in [-0.1, -0.05) is 6.07 Å². The smallest absolute Gasteiger partial charge is 0.227 e. The van der Waals surface area contributed by atoms with Gasteiger partial charge in [0, 0.05) is 55.0 Å². The molecule has 1 amide bonds. The lowest BCUT2D eigenvalue weighted by Crippen LogP contribution is -2.45. The van der Waals surface area contributed by atoms with E-state index in [0.717, 1.165) is 60.1 Å². The van der Waals surface area contributed by atoms with Crippen LogP contribution in [0.3, 0.4) is 0 Å². The largest absolute Gasteiger partial charge is 0.353 e. The fourth-order valence-corrected chi connectivity index (χ4v) is 4.25. The van der Waals surface area contributed by atoms with Crippen molar-refractivity contribution in [3.63, 3.8) is 0 Å². The zero-order valence-electron chi connectivity index (χ0n) is 20.7. The minimum atomic E-state index is 0.00511. The van der Waals surface area contributed by atoms with Crippen molar-refractivity contribution in [2.24, 2.45) is 0 Å². The van der Waals surface area contributed by atoms with Crippen LogP contribution in [0.2, 0.25) is 0 Å². The van der Waals surface area contributed by atoms with Crippen LogP contribution in [0.4, 0.5) is 17.6 Å². The van der Waals surface area contributed by atoms with Gasteiger partial charge in [0.25, 0.3) is 0 Å². The number of carbonyl (C=O) groups is 1. The number of H-pyrrole nitrogens is 1. The molecule has 11 nitrogen and oxygen atoms in total. The summed E-state index contributed by atoms with van der Waals surface area (Å²) in [6.07, 6.45) is 7.41. The highest BCUT2D eigenvalue weighted by Crippen LogP contribution is 2.21. The lowest BCUT2D eigenvalue weighted by atomic mass is 10.0. The Labute approximate surface area is 209 Å². The number of aromatic amines is 1. The van der Waals surface area contributed by atoms with Crippen molar-refractivity contribution in [2.45, 2.75) is 46.1 Å². The number of aryl methyl sites for hydroxylation is 3. The average Bonchev–Trinajstić information content (AvgIpc) is 3.47. The van der Waals surface area contributed by atoms with E-state index in [2.05, 4.69) is 45.8 Å². The molecule has 1 fully saturated rings. The van der Waals surface area contributed by atoms with E-state index in [1.165, 1.54) is 0 Å². The Kier molecular flexibility index (Phi) is 6.61. The van der Waals surface area contributed by atoms with E-state index in [0.29, 0.717) is 18.2 Å². The maximum atomic E-state index is 12.6. The molecule has 0 radical (unpaired) electrons. The third kappa shape index (κ3) is 5.68. The molecule has 11 heteroatoms. The number of hydrogen-bond acceptors (Lipinski definition) is 8. The number of aromatic nitrogens is 7. The van der Waals surface area contributed by atoms with Crippen molar-refractivity contribution < 1.29 is 4.79 Å². The second kappa shape index (κ2) is 10.1. The molecule has 36 heavy (non-hydrogen) atoms. The fraction of sp³-hybridized carbons (Fsp3) is 0.360. The number of rotatable bonds is 7. The van der Waals surface area contributed by atoms with E-state index in [1.54, 1.807) is 17.1 Å². The van der Waals surface area contributed by atoms with Gasteiger partial charge < -0.3 is 15.5 Å². The molecule has 0 aliphatic carbocycles. The quantitative estimate of drug-likeness (QED) is 0.364. The average molecular weight is 487 g/mol. The van der Waals surface area contributed by atoms with Crippen LogP contribution in [0.5, 0.6) is 0 Å². The molecule has 1 aliphatic heterocycles. The van der Waals surface area contributed by atoms with E-state index in [-0.39, 0.29) is 11.9 Å². The van der Waals surface area contributed by atoms with Gasteiger partial charge in [-0.05, 0) is 50.8 Å². The summed E-state index contributed by atoms with van der Waals surface area (Å²) in [5, 5.41) is 17.8. The minimum absolute atomic E-state index is 0.00511. The van der Waals surface area contributed by atoms with Gasteiger partial charge in [0.05, 0.1) is 12.6 Å². The molecule has 1 aliphatic rings. The summed E-state index contributed by atoms with van der Waals surface area (Å²) in [7, 11) is 0. The van der Waals surface area contributed by atoms with Gasteiger partial charge in [-0.2, -0.15) is 15.2 Å². The van der Waals surface area contributed by atoms with Gasteiger partial charge >= 0.3 is 0 Å². The third-order valence-electron chi connectivity index (χ3n) is 6.07. The van der Waals surface area contributed by atoms with Crippen LogP contribution in [0, 0.1) is 20.8 Å². The molecule has 4 aromatic rings. The Morgan fingerprint density at radius 1 is 1.08 bits per heavy atom. The first kappa shape index (κ1) is 23.5. The summed E-state index contributed by atoms with van der Waals surface area (Å²) < 4.78 is 1.72. The summed E-state index contributed by atoms with van der Waals surface area (Å²) >= 11 is 0. The van der Waals surface area contributed by atoms with Crippen molar-refractivity contribution >= 4 is 23.5 Å². The number of anilines is 3. The SMILES string of the molecule is Cc1cnn(-c2ccc(CC(=O)NC3CCN(c4nc(C)cc(Nc5cc(C)[nH]n5)n4)CC3)cn2)c1. The lowest BCUT2D eigenvalue weighted by Gasteiger charge is -2.32. The summed E-state index contributed by atoms with van der Waals surface area (Å²) in [6, 6.07) is 7.76. The predicted octanol–water partition coefficient (Wildman–Crippen LogP) is 2.78. The van der Waals surface area contributed by atoms with E-state index >= 15 is 0 Å². The molecule has 0 spiro atoms. The van der Waals surface area contributed by atoms with E-state index in [1.807, 2.05) is 51.2 Å². The number of nitrogens with one attached hydrogen (secondary N) is 3. The van der Waals surface area contributed by atoms with Crippen LogP contribution in [0.25, 0.3) is 5.82 Å². The molecule has 0 unspecified atom stereocenters. The molecule has 3 N–H and O–H groups in total. The Bertz CT molecular complexity index is 1340. The molecule has 0 atom stereocenters. The Morgan fingerprint density at radius 3 is 2.58 bits per heavy atom. The van der Waals surface area contributed by atoms with E-state index in [4.69, 9.17) is 0 Å². The number of pyridine rings is 1. The van der Waals surface area contributed by atoms with Crippen LogP contribution < -0.4 is 15.5 Å². The van der Waals surface area contributed by atoms with Crippen molar-refractivity contribution in [1.29, 1.82) is 0 Å². The van der Waals surface area contributed by atoms with Crippen molar-refractivity contribution in [3.05, 3.63) is 65.4 Å². The van der Waals surface area contributed by atoms with Crippen LogP contribution in [0.1, 0.15) is 35.4 Å². The van der Waals surface area contributed by atoms with Crippen LogP contribution in [0.15, 0.2) is 42.9 Å². The molecule has 0 aromatic carbocycles. The molecule has 5 heterocycles. The van der Waals surface area contributed by atoms with Crippen LogP contribution >= 0.6 is 0 Å². The van der Waals surface area contributed by atoms with Crippen molar-refractivity contribution in [1.82, 2.24) is 40.2 Å². The summed E-state index contributed by atoms with van der Waals surface area (Å²) in [5.41, 5.74) is 3.80. The Morgan fingerprint density at radius 2 is 1.92 bits per heavy atom. The van der Waals surface area contributed by atoms with Crippen LogP contribution in [-0.4, -0.2) is 60.0 Å². The standard InChI is InChI=1S/C25H30N10O/c1-16-13-27-35(15-16)23-5-4-19(14-26-23)12-24(36)29-20-6-8-34(9-7-20)25-28-17(2)10-21(31-25)30-22-11-18(3)32-33-22/h4-5,10-11,13-15,20H,6-9,12H2,1-3H3,(H,29,36)(H2,28,30,31,32,33). The topological polar surface area (TPSA) is 130 Å². The highest BCUT2D eigenvalue weighted by Gasteiger charge is 2.23. The van der Waals surface area contributed by atoms with Crippen LogP contribution in [-0.2, 0) is 11.2 Å². The summed E-state index contributed by atoms with van der Waals surface area (Å²) in [5.74, 6) is 2.86. The van der Waals surface area contributed by atoms with Gasteiger partial charge in [0.1, 0.15) is 5.82 Å². The maximum Gasteiger partial charge on any atom is 0.227 e.